The number of benzene rings is 4. The normalized spacial score (nSPS) is 12.3. The third kappa shape index (κ3) is 10.1. The van der Waals surface area contributed by atoms with Crippen LogP contribution in [0.5, 0.6) is 0 Å². The number of carbonyl (C=O) groups excluding carboxylic acids is 2. The molecular weight excluding hydrogens is 743 g/mol. The Balaban J connectivity index is 1.85. The molecule has 1 atom stereocenters. The van der Waals surface area contributed by atoms with Gasteiger partial charge in [-0.1, -0.05) is 101 Å². The Bertz CT molecular complexity index is 1840. The van der Waals surface area contributed by atoms with E-state index in [1.165, 1.54) is 17.0 Å². The van der Waals surface area contributed by atoms with Crippen molar-refractivity contribution in [3.8, 4) is 0 Å². The van der Waals surface area contributed by atoms with Crippen molar-refractivity contribution in [2.45, 2.75) is 56.8 Å². The molecule has 7 nitrogen and oxygen atoms in total. The predicted octanol–water partition coefficient (Wildman–Crippen LogP) is 8.18. The number of unbranched alkanes of at least 4 members (excludes halogenated alkanes) is 1. The summed E-state index contributed by atoms with van der Waals surface area (Å²) >= 11 is 9.28. The molecule has 13 heteroatoms. The molecule has 0 heterocycles. The summed E-state index contributed by atoms with van der Waals surface area (Å²) in [7, 11) is -4.61. The largest absolute Gasteiger partial charge is 0.417 e. The number of rotatable bonds is 14. The van der Waals surface area contributed by atoms with E-state index in [0.29, 0.717) is 28.9 Å². The van der Waals surface area contributed by atoms with Gasteiger partial charge in [0.05, 0.1) is 21.2 Å². The van der Waals surface area contributed by atoms with Crippen molar-refractivity contribution in [2.75, 3.05) is 17.4 Å². The van der Waals surface area contributed by atoms with E-state index in [2.05, 4.69) is 21.2 Å². The molecule has 0 aliphatic heterocycles. The van der Waals surface area contributed by atoms with Crippen LogP contribution in [-0.4, -0.2) is 44.3 Å². The molecule has 0 bridgehead atoms. The second kappa shape index (κ2) is 16.7. The third-order valence-electron chi connectivity index (χ3n) is 7.80. The van der Waals surface area contributed by atoms with Gasteiger partial charge < -0.3 is 10.2 Å². The summed E-state index contributed by atoms with van der Waals surface area (Å²) < 4.78 is 71.7. The number of alkyl halides is 3. The molecule has 0 fully saturated rings. The molecule has 0 unspecified atom stereocenters. The highest BCUT2D eigenvalue weighted by Gasteiger charge is 2.37. The summed E-state index contributed by atoms with van der Waals surface area (Å²) in [5.74, 6) is -1.24. The fourth-order valence-electron chi connectivity index (χ4n) is 5.10. The first-order valence-corrected chi connectivity index (χ1v) is 18.1. The van der Waals surface area contributed by atoms with Gasteiger partial charge in [-0.15, -0.1) is 0 Å². The average Bonchev–Trinajstić information content (AvgIpc) is 3.06. The quantitative estimate of drug-likeness (QED) is 0.131. The van der Waals surface area contributed by atoms with Crippen LogP contribution in [-0.2, 0) is 38.8 Å². The molecular formula is C36H36BrClF3N3O4S. The van der Waals surface area contributed by atoms with Crippen molar-refractivity contribution in [1.29, 1.82) is 0 Å². The Morgan fingerprint density at radius 2 is 1.57 bits per heavy atom. The van der Waals surface area contributed by atoms with E-state index in [9.17, 15) is 31.2 Å². The molecule has 0 saturated heterocycles. The van der Waals surface area contributed by atoms with Crippen LogP contribution in [0.3, 0.4) is 0 Å². The van der Waals surface area contributed by atoms with E-state index in [0.717, 1.165) is 34.2 Å². The first-order chi connectivity index (χ1) is 23.2. The summed E-state index contributed by atoms with van der Waals surface area (Å²) in [6.45, 7) is 3.10. The number of carbonyl (C=O) groups is 2. The van der Waals surface area contributed by atoms with E-state index in [-0.39, 0.29) is 17.9 Å². The number of nitrogens with one attached hydrogen (secondary N) is 1. The smallest absolute Gasteiger partial charge is 0.354 e. The number of hydrogen-bond donors (Lipinski definition) is 1. The number of anilines is 1. The maximum Gasteiger partial charge on any atom is 0.417 e. The molecule has 260 valence electrons. The van der Waals surface area contributed by atoms with Gasteiger partial charge in [-0.05, 0) is 66.9 Å². The molecule has 4 aromatic rings. The highest BCUT2D eigenvalue weighted by molar-refractivity contribution is 9.10. The standard InChI is InChI=1S/C36H36BrClF3N3O4S/c1-3-4-20-42-35(46)33(21-26-8-6-5-7-9-26)43(23-27-12-14-28(37)15-13-27)34(45)24-44(49(47,48)30-17-10-25(2)11-18-30)29-16-19-32(38)31(22-29)36(39,40)41/h5-19,22,33H,3-4,20-21,23-24H2,1-2H3,(H,42,46)/t33-/m1/s1. The highest BCUT2D eigenvalue weighted by atomic mass is 79.9. The van der Waals surface area contributed by atoms with E-state index in [4.69, 9.17) is 11.6 Å². The summed E-state index contributed by atoms with van der Waals surface area (Å²) in [5, 5.41) is 2.27. The van der Waals surface area contributed by atoms with E-state index >= 15 is 0 Å². The minimum atomic E-state index is -4.90. The number of aryl methyl sites for hydroxylation is 1. The van der Waals surface area contributed by atoms with Crippen LogP contribution in [0.2, 0.25) is 5.02 Å². The zero-order valence-electron chi connectivity index (χ0n) is 26.9. The molecule has 49 heavy (non-hydrogen) atoms. The Kier molecular flexibility index (Phi) is 12.9. The van der Waals surface area contributed by atoms with Crippen LogP contribution in [0.15, 0.2) is 106 Å². The molecule has 0 spiro atoms. The van der Waals surface area contributed by atoms with Gasteiger partial charge in [0, 0.05) is 24.0 Å². The van der Waals surface area contributed by atoms with Gasteiger partial charge in [0.15, 0.2) is 0 Å². The van der Waals surface area contributed by atoms with Crippen LogP contribution >= 0.6 is 27.5 Å². The van der Waals surface area contributed by atoms with Crippen LogP contribution in [0.25, 0.3) is 0 Å². The van der Waals surface area contributed by atoms with Gasteiger partial charge in [0.2, 0.25) is 11.8 Å². The molecule has 0 aliphatic carbocycles. The minimum absolute atomic E-state index is 0.0857. The Morgan fingerprint density at radius 3 is 2.18 bits per heavy atom. The Morgan fingerprint density at radius 1 is 0.918 bits per heavy atom. The maximum atomic E-state index is 14.5. The molecule has 1 N–H and O–H groups in total. The lowest BCUT2D eigenvalue weighted by atomic mass is 10.0. The lowest BCUT2D eigenvalue weighted by Crippen LogP contribution is -2.53. The molecule has 4 rings (SSSR count). The number of halogens is 5. The van der Waals surface area contributed by atoms with Crippen molar-refractivity contribution in [3.05, 3.63) is 129 Å². The molecule has 4 aromatic carbocycles. The lowest BCUT2D eigenvalue weighted by molar-refractivity contribution is -0.140. The minimum Gasteiger partial charge on any atom is -0.354 e. The number of amides is 2. The third-order valence-corrected chi connectivity index (χ3v) is 10.4. The van der Waals surface area contributed by atoms with Gasteiger partial charge in [0.1, 0.15) is 12.6 Å². The van der Waals surface area contributed by atoms with Crippen molar-refractivity contribution in [2.24, 2.45) is 0 Å². The van der Waals surface area contributed by atoms with Crippen LogP contribution in [0, 0.1) is 6.92 Å². The van der Waals surface area contributed by atoms with Crippen molar-refractivity contribution >= 4 is 55.1 Å². The monoisotopic (exact) mass is 777 g/mol. The van der Waals surface area contributed by atoms with Crippen LogP contribution in [0.4, 0.5) is 18.9 Å². The Hall–Kier alpha value is -3.87. The number of hydrogen-bond acceptors (Lipinski definition) is 4. The Labute approximate surface area is 298 Å². The molecule has 0 aliphatic rings. The second-order valence-electron chi connectivity index (χ2n) is 11.5. The van der Waals surface area contributed by atoms with Crippen molar-refractivity contribution in [3.63, 3.8) is 0 Å². The van der Waals surface area contributed by atoms with E-state index < -0.39 is 56.9 Å². The fraction of sp³-hybridized carbons (Fsp3) is 0.278. The van der Waals surface area contributed by atoms with Crippen molar-refractivity contribution < 1.29 is 31.2 Å². The van der Waals surface area contributed by atoms with Gasteiger partial charge in [0.25, 0.3) is 10.0 Å². The average molecular weight is 779 g/mol. The first-order valence-electron chi connectivity index (χ1n) is 15.5. The highest BCUT2D eigenvalue weighted by Crippen LogP contribution is 2.38. The summed E-state index contributed by atoms with van der Waals surface area (Å²) in [5.41, 5.74) is 0.484. The van der Waals surface area contributed by atoms with Crippen LogP contribution in [0.1, 0.15) is 42.0 Å². The van der Waals surface area contributed by atoms with Crippen LogP contribution < -0.4 is 9.62 Å². The number of nitrogens with zero attached hydrogens (tertiary/aromatic N) is 2. The zero-order chi connectivity index (χ0) is 35.8. The predicted molar refractivity (Wildman–Crippen MR) is 189 cm³/mol. The van der Waals surface area contributed by atoms with E-state index in [1.807, 2.05) is 25.1 Å². The van der Waals surface area contributed by atoms with Gasteiger partial charge in [-0.25, -0.2) is 8.42 Å². The summed E-state index contributed by atoms with van der Waals surface area (Å²) in [6.07, 6.45) is -3.28. The summed E-state index contributed by atoms with van der Waals surface area (Å²) in [4.78, 5) is 29.4. The molecule has 0 saturated carbocycles. The van der Waals surface area contributed by atoms with Gasteiger partial charge in [-0.3, -0.25) is 13.9 Å². The lowest BCUT2D eigenvalue weighted by Gasteiger charge is -2.34. The fourth-order valence-corrected chi connectivity index (χ4v) is 6.99. The van der Waals surface area contributed by atoms with Gasteiger partial charge >= 0.3 is 6.18 Å². The zero-order valence-corrected chi connectivity index (χ0v) is 30.0. The first kappa shape index (κ1) is 37.9. The maximum absolute atomic E-state index is 14.5. The SMILES string of the molecule is CCCCNC(=O)[C@@H](Cc1ccccc1)N(Cc1ccc(Br)cc1)C(=O)CN(c1ccc(Cl)c(C(F)(F)F)c1)S(=O)(=O)c1ccc(C)cc1. The van der Waals surface area contributed by atoms with E-state index in [1.54, 1.807) is 55.5 Å². The summed E-state index contributed by atoms with van der Waals surface area (Å²) in [6, 6.07) is 23.4. The number of sulfonamides is 1. The molecule has 2 amide bonds. The van der Waals surface area contributed by atoms with Crippen molar-refractivity contribution in [1.82, 2.24) is 10.2 Å². The van der Waals surface area contributed by atoms with Gasteiger partial charge in [-0.2, -0.15) is 13.2 Å². The molecule has 0 aromatic heterocycles. The second-order valence-corrected chi connectivity index (χ2v) is 14.7. The topological polar surface area (TPSA) is 86.8 Å². The molecule has 0 radical (unpaired) electrons.